The number of carbonyl (C=O) groups excluding carboxylic acids is 1. The van der Waals surface area contributed by atoms with Gasteiger partial charge in [-0.1, -0.05) is 0 Å². The number of ether oxygens (including phenoxy) is 1. The van der Waals surface area contributed by atoms with E-state index >= 15 is 0 Å². The molecule has 0 aromatic heterocycles. The summed E-state index contributed by atoms with van der Waals surface area (Å²) in [5, 5.41) is 0. The van der Waals surface area contributed by atoms with Crippen molar-refractivity contribution < 1.29 is 9.53 Å². The number of hydrogen-bond donors (Lipinski definition) is 0. The molecule has 0 radical (unpaired) electrons. The third-order valence-corrected chi connectivity index (χ3v) is 4.23. The minimum absolute atomic E-state index is 0.201. The van der Waals surface area contributed by atoms with Crippen LogP contribution in [0.2, 0.25) is 0 Å². The van der Waals surface area contributed by atoms with Crippen LogP contribution >= 0.6 is 0 Å². The Morgan fingerprint density at radius 2 is 1.59 bits per heavy atom. The van der Waals surface area contributed by atoms with Crippen LogP contribution < -0.4 is 0 Å². The summed E-state index contributed by atoms with van der Waals surface area (Å²) < 4.78 is 5.49. The Labute approximate surface area is 103 Å². The maximum absolute atomic E-state index is 11.2. The molecule has 2 nitrogen and oxygen atoms in total. The molecular weight excluding hydrogens is 212 g/mol. The molecule has 1 aromatic carbocycles. The Morgan fingerprint density at radius 1 is 1.06 bits per heavy atom. The van der Waals surface area contributed by atoms with Gasteiger partial charge in [-0.2, -0.15) is 0 Å². The lowest BCUT2D eigenvalue weighted by molar-refractivity contribution is -0.159. The van der Waals surface area contributed by atoms with Crippen LogP contribution in [0, 0.1) is 27.7 Å². The van der Waals surface area contributed by atoms with Crippen LogP contribution in [0.1, 0.15) is 47.2 Å². The maximum Gasteiger partial charge on any atom is 0.303 e. The van der Waals surface area contributed by atoms with Gasteiger partial charge in [0.1, 0.15) is 5.60 Å². The molecule has 1 aliphatic rings. The molecule has 0 amide bonds. The summed E-state index contributed by atoms with van der Waals surface area (Å²) in [6, 6.07) is 0. The molecule has 1 atom stereocenters. The van der Waals surface area contributed by atoms with Crippen molar-refractivity contribution in [1.82, 2.24) is 0 Å². The zero-order valence-electron chi connectivity index (χ0n) is 11.5. The first-order valence-electron chi connectivity index (χ1n) is 6.07. The van der Waals surface area contributed by atoms with Crippen LogP contribution in [-0.4, -0.2) is 5.97 Å². The van der Waals surface area contributed by atoms with Gasteiger partial charge in [-0.15, -0.1) is 0 Å². The normalized spacial score (nSPS) is 21.8. The van der Waals surface area contributed by atoms with E-state index in [2.05, 4.69) is 27.7 Å². The molecule has 0 N–H and O–H groups in total. The second-order valence-corrected chi connectivity index (χ2v) is 5.35. The first kappa shape index (κ1) is 12.2. The van der Waals surface area contributed by atoms with Gasteiger partial charge in [0, 0.05) is 18.9 Å². The molecule has 2 heteroatoms. The highest BCUT2D eigenvalue weighted by molar-refractivity contribution is 5.69. The van der Waals surface area contributed by atoms with E-state index in [0.29, 0.717) is 0 Å². The Bertz CT molecular complexity index is 491. The van der Waals surface area contributed by atoms with Gasteiger partial charge in [0.05, 0.1) is 0 Å². The van der Waals surface area contributed by atoms with Crippen molar-refractivity contribution in [3.63, 3.8) is 0 Å². The summed E-state index contributed by atoms with van der Waals surface area (Å²) in [5.41, 5.74) is 7.51. The molecule has 0 saturated heterocycles. The van der Waals surface area contributed by atoms with E-state index < -0.39 is 5.60 Å². The summed E-state index contributed by atoms with van der Waals surface area (Å²) in [6.45, 7) is 12.1. The van der Waals surface area contributed by atoms with Crippen LogP contribution in [0.3, 0.4) is 0 Å². The number of hydrogen-bond acceptors (Lipinski definition) is 2. The summed E-state index contributed by atoms with van der Waals surface area (Å²) in [4.78, 5) is 11.2. The zero-order valence-corrected chi connectivity index (χ0v) is 11.5. The Kier molecular flexibility index (Phi) is 2.57. The van der Waals surface area contributed by atoms with E-state index in [0.717, 1.165) is 6.42 Å². The molecule has 0 fully saturated rings. The smallest absolute Gasteiger partial charge is 0.303 e. The van der Waals surface area contributed by atoms with Gasteiger partial charge in [0.25, 0.3) is 0 Å². The van der Waals surface area contributed by atoms with Crippen molar-refractivity contribution >= 4 is 5.97 Å². The molecule has 2 rings (SSSR count). The summed E-state index contributed by atoms with van der Waals surface area (Å²) in [6.07, 6.45) is 0.843. The molecule has 0 spiro atoms. The van der Waals surface area contributed by atoms with E-state index in [1.807, 2.05) is 6.92 Å². The van der Waals surface area contributed by atoms with Crippen molar-refractivity contribution in [3.8, 4) is 0 Å². The third kappa shape index (κ3) is 1.58. The van der Waals surface area contributed by atoms with E-state index in [9.17, 15) is 4.79 Å². The fourth-order valence-electron chi connectivity index (χ4n) is 3.05. The first-order valence-corrected chi connectivity index (χ1v) is 6.07. The molecule has 1 aliphatic carbocycles. The van der Waals surface area contributed by atoms with Crippen LogP contribution in [0.5, 0.6) is 0 Å². The highest BCUT2D eigenvalue weighted by atomic mass is 16.6. The van der Waals surface area contributed by atoms with E-state index in [1.54, 1.807) is 0 Å². The van der Waals surface area contributed by atoms with Gasteiger partial charge < -0.3 is 4.74 Å². The summed E-state index contributed by atoms with van der Waals surface area (Å²) in [7, 11) is 0. The fourth-order valence-corrected chi connectivity index (χ4v) is 3.05. The second kappa shape index (κ2) is 3.59. The van der Waals surface area contributed by atoms with E-state index in [4.69, 9.17) is 4.74 Å². The minimum Gasteiger partial charge on any atom is -0.454 e. The minimum atomic E-state index is -0.408. The van der Waals surface area contributed by atoms with Gasteiger partial charge in [-0.3, -0.25) is 4.79 Å². The Morgan fingerprint density at radius 3 is 2.12 bits per heavy atom. The number of benzene rings is 1. The number of rotatable bonds is 1. The lowest BCUT2D eigenvalue weighted by atomic mass is 9.68. The quantitative estimate of drug-likeness (QED) is 0.695. The molecule has 0 saturated carbocycles. The molecule has 0 heterocycles. The standard InChI is InChI=1S/C15H20O2/c1-8-9(2)11(4)14-13(10(8)3)7-15(14,6)17-12(5)16/h7H2,1-6H3. The number of esters is 1. The molecule has 0 bridgehead atoms. The molecule has 1 aromatic rings. The van der Waals surface area contributed by atoms with Gasteiger partial charge >= 0.3 is 5.97 Å². The van der Waals surface area contributed by atoms with Crippen molar-refractivity contribution in [2.75, 3.05) is 0 Å². The topological polar surface area (TPSA) is 26.3 Å². The molecular formula is C15H20O2. The van der Waals surface area contributed by atoms with Crippen molar-refractivity contribution in [3.05, 3.63) is 33.4 Å². The van der Waals surface area contributed by atoms with Crippen molar-refractivity contribution in [2.45, 2.75) is 53.6 Å². The highest BCUT2D eigenvalue weighted by Crippen LogP contribution is 2.47. The molecule has 92 valence electrons. The van der Waals surface area contributed by atoms with Crippen molar-refractivity contribution in [2.24, 2.45) is 0 Å². The maximum atomic E-state index is 11.2. The van der Waals surface area contributed by atoms with Crippen LogP contribution in [0.15, 0.2) is 0 Å². The Balaban J connectivity index is 2.58. The lowest BCUT2D eigenvalue weighted by Gasteiger charge is -2.43. The predicted molar refractivity (Wildman–Crippen MR) is 68.2 cm³/mol. The predicted octanol–water partition coefficient (Wildman–Crippen LogP) is 3.25. The highest BCUT2D eigenvalue weighted by Gasteiger charge is 2.44. The first-order chi connectivity index (χ1) is 7.78. The summed E-state index contributed by atoms with van der Waals surface area (Å²) in [5.74, 6) is -0.201. The number of fused-ring (bicyclic) bond motifs is 1. The molecule has 0 aliphatic heterocycles. The molecule has 17 heavy (non-hydrogen) atoms. The van der Waals surface area contributed by atoms with Crippen LogP contribution in [0.25, 0.3) is 0 Å². The van der Waals surface area contributed by atoms with Gasteiger partial charge in [-0.05, 0) is 62.4 Å². The second-order valence-electron chi connectivity index (χ2n) is 5.35. The number of carbonyl (C=O) groups is 1. The zero-order chi connectivity index (χ0) is 13.0. The van der Waals surface area contributed by atoms with Gasteiger partial charge in [0.2, 0.25) is 0 Å². The average molecular weight is 232 g/mol. The van der Waals surface area contributed by atoms with Crippen LogP contribution in [-0.2, 0) is 21.6 Å². The largest absolute Gasteiger partial charge is 0.454 e. The van der Waals surface area contributed by atoms with Gasteiger partial charge in [-0.25, -0.2) is 0 Å². The lowest BCUT2D eigenvalue weighted by Crippen LogP contribution is -2.42. The average Bonchev–Trinajstić information content (AvgIpc) is 2.20. The third-order valence-electron chi connectivity index (χ3n) is 4.23. The van der Waals surface area contributed by atoms with Gasteiger partial charge in [0.15, 0.2) is 0 Å². The SMILES string of the molecule is CC(=O)OC1(C)Cc2c(C)c(C)c(C)c(C)c21. The summed E-state index contributed by atoms with van der Waals surface area (Å²) >= 11 is 0. The van der Waals surface area contributed by atoms with Crippen molar-refractivity contribution in [1.29, 1.82) is 0 Å². The van der Waals surface area contributed by atoms with Crippen LogP contribution in [0.4, 0.5) is 0 Å². The monoisotopic (exact) mass is 232 g/mol. The van der Waals surface area contributed by atoms with E-state index in [1.165, 1.54) is 40.3 Å². The molecule has 1 unspecified atom stereocenters. The van der Waals surface area contributed by atoms with E-state index in [-0.39, 0.29) is 5.97 Å². The Hall–Kier alpha value is -1.31. The fraction of sp³-hybridized carbons (Fsp3) is 0.533.